The average Bonchev–Trinajstić information content (AvgIpc) is 2.41. The Kier molecular flexibility index (Phi) is 7.08. The number of rotatable bonds is 9. The Morgan fingerprint density at radius 3 is 2.65 bits per heavy atom. The summed E-state index contributed by atoms with van der Waals surface area (Å²) in [4.78, 5) is 8.72. The summed E-state index contributed by atoms with van der Waals surface area (Å²) in [6.07, 6.45) is 2.94. The van der Waals surface area contributed by atoms with E-state index in [0.29, 0.717) is 24.0 Å². The molecule has 1 aromatic rings. The van der Waals surface area contributed by atoms with Crippen LogP contribution in [0.2, 0.25) is 0 Å². The number of hydrogen-bond acceptors (Lipinski definition) is 6. The topological polar surface area (TPSA) is 82.3 Å². The summed E-state index contributed by atoms with van der Waals surface area (Å²) in [6, 6.07) is 0. The van der Waals surface area contributed by atoms with E-state index in [2.05, 4.69) is 22.2 Å². The van der Waals surface area contributed by atoms with Gasteiger partial charge in [-0.3, -0.25) is 0 Å². The summed E-state index contributed by atoms with van der Waals surface area (Å²) in [5, 5.41) is 3.22. The Morgan fingerprint density at radius 1 is 1.30 bits per heavy atom. The summed E-state index contributed by atoms with van der Waals surface area (Å²) >= 11 is 0. The monoisotopic (exact) mass is 282 g/mol. The van der Waals surface area contributed by atoms with Gasteiger partial charge < -0.3 is 20.5 Å². The van der Waals surface area contributed by atoms with Crippen LogP contribution in [-0.4, -0.2) is 36.3 Å². The van der Waals surface area contributed by atoms with Crippen molar-refractivity contribution >= 4 is 11.5 Å². The highest BCUT2D eigenvalue weighted by Gasteiger charge is 2.11. The molecule has 6 nitrogen and oxygen atoms in total. The predicted octanol–water partition coefficient (Wildman–Crippen LogP) is 2.25. The summed E-state index contributed by atoms with van der Waals surface area (Å²) in [5.41, 5.74) is 6.43. The van der Waals surface area contributed by atoms with Gasteiger partial charge in [0.1, 0.15) is 11.5 Å². The molecule has 1 heterocycles. The Labute approximate surface area is 121 Å². The molecule has 0 unspecified atom stereocenters. The minimum atomic E-state index is 0.260. The van der Waals surface area contributed by atoms with Crippen LogP contribution < -0.4 is 15.8 Å². The van der Waals surface area contributed by atoms with Crippen molar-refractivity contribution in [1.29, 1.82) is 0 Å². The lowest BCUT2D eigenvalue weighted by atomic mass is 10.3. The van der Waals surface area contributed by atoms with Crippen LogP contribution in [-0.2, 0) is 11.2 Å². The van der Waals surface area contributed by atoms with Crippen LogP contribution in [0.4, 0.5) is 11.5 Å². The van der Waals surface area contributed by atoms with Crippen LogP contribution in [0.5, 0.6) is 5.88 Å². The maximum atomic E-state index is 5.98. The van der Waals surface area contributed by atoms with Gasteiger partial charge in [-0.25, -0.2) is 4.98 Å². The first-order valence-electron chi connectivity index (χ1n) is 7.14. The van der Waals surface area contributed by atoms with Gasteiger partial charge in [0.15, 0.2) is 5.82 Å². The third-order valence-electron chi connectivity index (χ3n) is 2.69. The first-order valence-corrected chi connectivity index (χ1v) is 7.14. The molecule has 0 fully saturated rings. The molecule has 0 aliphatic carbocycles. The molecule has 114 valence electrons. The second-order valence-corrected chi connectivity index (χ2v) is 4.86. The van der Waals surface area contributed by atoms with Gasteiger partial charge in [0.05, 0.1) is 13.2 Å². The number of methoxy groups -OCH3 is 1. The van der Waals surface area contributed by atoms with E-state index < -0.39 is 0 Å². The molecule has 0 amide bonds. The van der Waals surface area contributed by atoms with E-state index in [4.69, 9.17) is 15.2 Å². The van der Waals surface area contributed by atoms with Crippen LogP contribution in [0, 0.1) is 0 Å². The first-order chi connectivity index (χ1) is 9.58. The van der Waals surface area contributed by atoms with Gasteiger partial charge in [-0.1, -0.05) is 6.92 Å². The van der Waals surface area contributed by atoms with E-state index in [-0.39, 0.29) is 6.10 Å². The lowest BCUT2D eigenvalue weighted by molar-refractivity contribution is 0.0787. The minimum absolute atomic E-state index is 0.260. The van der Waals surface area contributed by atoms with Crippen molar-refractivity contribution in [3.8, 4) is 5.88 Å². The molecule has 1 aromatic heterocycles. The molecule has 0 bridgehead atoms. The van der Waals surface area contributed by atoms with Crippen LogP contribution in [0.15, 0.2) is 0 Å². The molecule has 1 rings (SSSR count). The Bertz CT molecular complexity index is 410. The van der Waals surface area contributed by atoms with Crippen LogP contribution in [0.1, 0.15) is 39.4 Å². The molecule has 0 spiro atoms. The summed E-state index contributed by atoms with van der Waals surface area (Å²) < 4.78 is 10.7. The normalized spacial score (nSPS) is 10.8. The number of nitrogen functional groups attached to an aromatic ring is 1. The zero-order valence-corrected chi connectivity index (χ0v) is 12.9. The standard InChI is InChI=1S/C14H26N4O2/c1-5-7-11-17-13(12(15)14(18-11)19-4)16-8-6-9-20-10(2)3/h10H,5-9,15H2,1-4H3,(H,16,17,18). The number of nitrogens with one attached hydrogen (secondary N) is 1. The SMILES string of the molecule is CCCc1nc(NCCCOC(C)C)c(N)c(OC)n1. The van der Waals surface area contributed by atoms with Gasteiger partial charge in [-0.05, 0) is 26.7 Å². The first kappa shape index (κ1) is 16.5. The smallest absolute Gasteiger partial charge is 0.242 e. The van der Waals surface area contributed by atoms with Gasteiger partial charge in [0.25, 0.3) is 0 Å². The van der Waals surface area contributed by atoms with Crippen molar-refractivity contribution in [3.63, 3.8) is 0 Å². The number of hydrogen-bond donors (Lipinski definition) is 2. The summed E-state index contributed by atoms with van der Waals surface area (Å²) in [6.45, 7) is 7.61. The largest absolute Gasteiger partial charge is 0.479 e. The maximum Gasteiger partial charge on any atom is 0.242 e. The number of aryl methyl sites for hydroxylation is 1. The molecular formula is C14H26N4O2. The summed E-state index contributed by atoms with van der Waals surface area (Å²) in [7, 11) is 1.56. The van der Waals surface area contributed by atoms with Crippen molar-refractivity contribution in [2.75, 3.05) is 31.3 Å². The van der Waals surface area contributed by atoms with Crippen molar-refractivity contribution in [2.45, 2.75) is 46.1 Å². The van der Waals surface area contributed by atoms with E-state index in [0.717, 1.165) is 31.6 Å². The number of anilines is 2. The molecule has 0 aliphatic rings. The third kappa shape index (κ3) is 5.21. The maximum absolute atomic E-state index is 5.98. The van der Waals surface area contributed by atoms with Crippen molar-refractivity contribution in [3.05, 3.63) is 5.82 Å². The van der Waals surface area contributed by atoms with Crippen molar-refractivity contribution in [1.82, 2.24) is 9.97 Å². The lowest BCUT2D eigenvalue weighted by Gasteiger charge is -2.13. The second kappa shape index (κ2) is 8.58. The van der Waals surface area contributed by atoms with E-state index in [1.807, 2.05) is 13.8 Å². The summed E-state index contributed by atoms with van der Waals surface area (Å²) in [5.74, 6) is 1.83. The Hall–Kier alpha value is -1.56. The molecule has 0 saturated carbocycles. The van der Waals surface area contributed by atoms with E-state index >= 15 is 0 Å². The molecule has 20 heavy (non-hydrogen) atoms. The fraction of sp³-hybridized carbons (Fsp3) is 0.714. The molecule has 6 heteroatoms. The minimum Gasteiger partial charge on any atom is -0.479 e. The van der Waals surface area contributed by atoms with E-state index in [1.54, 1.807) is 7.11 Å². The van der Waals surface area contributed by atoms with Gasteiger partial charge in [0, 0.05) is 19.6 Å². The predicted molar refractivity (Wildman–Crippen MR) is 81.2 cm³/mol. The molecule has 0 atom stereocenters. The van der Waals surface area contributed by atoms with E-state index in [9.17, 15) is 0 Å². The molecule has 0 saturated heterocycles. The third-order valence-corrected chi connectivity index (χ3v) is 2.69. The van der Waals surface area contributed by atoms with Gasteiger partial charge >= 0.3 is 0 Å². The average molecular weight is 282 g/mol. The molecule has 0 aliphatic heterocycles. The van der Waals surface area contributed by atoms with Gasteiger partial charge in [0.2, 0.25) is 5.88 Å². The zero-order valence-electron chi connectivity index (χ0n) is 12.9. The van der Waals surface area contributed by atoms with Gasteiger partial charge in [-0.2, -0.15) is 4.98 Å². The molecular weight excluding hydrogens is 256 g/mol. The fourth-order valence-electron chi connectivity index (χ4n) is 1.72. The molecule has 0 radical (unpaired) electrons. The molecule has 0 aromatic carbocycles. The van der Waals surface area contributed by atoms with E-state index in [1.165, 1.54) is 0 Å². The Morgan fingerprint density at radius 2 is 2.05 bits per heavy atom. The van der Waals surface area contributed by atoms with Gasteiger partial charge in [-0.15, -0.1) is 0 Å². The number of nitrogens with zero attached hydrogens (tertiary/aromatic N) is 2. The second-order valence-electron chi connectivity index (χ2n) is 4.86. The van der Waals surface area contributed by atoms with Crippen LogP contribution in [0.25, 0.3) is 0 Å². The Balaban J connectivity index is 2.61. The van der Waals surface area contributed by atoms with Crippen molar-refractivity contribution in [2.24, 2.45) is 0 Å². The number of nitrogens with two attached hydrogens (primary N) is 1. The zero-order chi connectivity index (χ0) is 15.0. The quantitative estimate of drug-likeness (QED) is 0.676. The lowest BCUT2D eigenvalue weighted by Crippen LogP contribution is -2.13. The highest BCUT2D eigenvalue weighted by atomic mass is 16.5. The van der Waals surface area contributed by atoms with Crippen molar-refractivity contribution < 1.29 is 9.47 Å². The number of aromatic nitrogens is 2. The number of ether oxygens (including phenoxy) is 2. The molecule has 3 N–H and O–H groups in total. The van der Waals surface area contributed by atoms with Crippen LogP contribution in [0.3, 0.4) is 0 Å². The van der Waals surface area contributed by atoms with Crippen LogP contribution >= 0.6 is 0 Å². The highest BCUT2D eigenvalue weighted by Crippen LogP contribution is 2.25. The highest BCUT2D eigenvalue weighted by molar-refractivity contribution is 5.66. The fourth-order valence-corrected chi connectivity index (χ4v) is 1.72.